The third kappa shape index (κ3) is 5.41. The summed E-state index contributed by atoms with van der Waals surface area (Å²) in [4.78, 5) is 20.5. The highest BCUT2D eigenvalue weighted by molar-refractivity contribution is 6.09. The molecule has 55 heavy (non-hydrogen) atoms. The SMILES string of the molecule is c1ccc2cc(-c3cc(-c4ccc5ccccc5c4)nc(-c4ccc(-c5ccc(-c6nc7ccccc7c7nc8ccccn8c67)cc5)cc4)n3)ccc2c1. The predicted octanol–water partition coefficient (Wildman–Crippen LogP) is 12.5. The first kappa shape index (κ1) is 31.1. The Kier molecular flexibility index (Phi) is 7.10. The Bertz CT molecular complexity index is 3160. The van der Waals surface area contributed by atoms with E-state index in [1.165, 1.54) is 21.5 Å². The molecule has 0 fully saturated rings. The zero-order valence-corrected chi connectivity index (χ0v) is 29.6. The number of fused-ring (bicyclic) bond motifs is 7. The van der Waals surface area contributed by atoms with Crippen LogP contribution in [-0.4, -0.2) is 24.3 Å². The molecule has 11 aromatic rings. The van der Waals surface area contributed by atoms with E-state index in [1.807, 2.05) is 30.3 Å². The summed E-state index contributed by atoms with van der Waals surface area (Å²) in [7, 11) is 0. The van der Waals surface area contributed by atoms with Crippen molar-refractivity contribution in [2.24, 2.45) is 0 Å². The lowest BCUT2D eigenvalue weighted by Crippen LogP contribution is -1.96. The number of imidazole rings is 1. The Morgan fingerprint density at radius 3 is 1.55 bits per heavy atom. The molecule has 0 amide bonds. The van der Waals surface area contributed by atoms with Gasteiger partial charge in [0.2, 0.25) is 0 Å². The van der Waals surface area contributed by atoms with Crippen molar-refractivity contribution in [3.63, 3.8) is 0 Å². The fraction of sp³-hybridized carbons (Fsp3) is 0. The number of aromatic nitrogens is 5. The fourth-order valence-corrected chi connectivity index (χ4v) is 7.76. The minimum atomic E-state index is 0.690. The second-order valence-electron chi connectivity index (χ2n) is 14.0. The number of hydrogen-bond acceptors (Lipinski definition) is 4. The highest BCUT2D eigenvalue weighted by Crippen LogP contribution is 2.35. The molecule has 0 atom stereocenters. The topological polar surface area (TPSA) is 56.0 Å². The molecular weight excluding hydrogens is 671 g/mol. The third-order valence-electron chi connectivity index (χ3n) is 10.6. The Hall–Kier alpha value is -7.50. The van der Waals surface area contributed by atoms with Crippen LogP contribution in [0.1, 0.15) is 0 Å². The molecule has 0 aliphatic carbocycles. The van der Waals surface area contributed by atoms with Crippen molar-refractivity contribution in [3.05, 3.63) is 188 Å². The van der Waals surface area contributed by atoms with Crippen LogP contribution in [0.2, 0.25) is 0 Å². The van der Waals surface area contributed by atoms with E-state index < -0.39 is 0 Å². The first-order valence-corrected chi connectivity index (χ1v) is 18.5. The van der Waals surface area contributed by atoms with Crippen LogP contribution < -0.4 is 0 Å². The minimum absolute atomic E-state index is 0.690. The van der Waals surface area contributed by atoms with E-state index >= 15 is 0 Å². The number of pyridine rings is 2. The van der Waals surface area contributed by atoms with Crippen molar-refractivity contribution in [2.45, 2.75) is 0 Å². The second kappa shape index (κ2) is 12.6. The molecule has 5 heteroatoms. The Balaban J connectivity index is 0.973. The van der Waals surface area contributed by atoms with Crippen LogP contribution in [0.4, 0.5) is 0 Å². The second-order valence-corrected chi connectivity index (χ2v) is 14.0. The third-order valence-corrected chi connectivity index (χ3v) is 10.6. The van der Waals surface area contributed by atoms with Gasteiger partial charge in [0.1, 0.15) is 11.2 Å². The maximum Gasteiger partial charge on any atom is 0.160 e. The zero-order valence-electron chi connectivity index (χ0n) is 29.6. The molecule has 0 saturated heterocycles. The van der Waals surface area contributed by atoms with E-state index in [-0.39, 0.29) is 0 Å². The average Bonchev–Trinajstić information content (AvgIpc) is 3.66. The molecule has 256 valence electrons. The van der Waals surface area contributed by atoms with Gasteiger partial charge in [-0.05, 0) is 69.1 Å². The average molecular weight is 702 g/mol. The van der Waals surface area contributed by atoms with Crippen LogP contribution in [0.25, 0.3) is 105 Å². The predicted molar refractivity (Wildman–Crippen MR) is 226 cm³/mol. The van der Waals surface area contributed by atoms with Crippen LogP contribution in [0.15, 0.2) is 188 Å². The van der Waals surface area contributed by atoms with Crippen LogP contribution in [0, 0.1) is 0 Å². The van der Waals surface area contributed by atoms with E-state index in [1.54, 1.807) is 0 Å². The largest absolute Gasteiger partial charge is 0.298 e. The van der Waals surface area contributed by atoms with Gasteiger partial charge in [0, 0.05) is 33.8 Å². The van der Waals surface area contributed by atoms with Crippen molar-refractivity contribution in [2.75, 3.05) is 0 Å². The summed E-state index contributed by atoms with van der Waals surface area (Å²) >= 11 is 0. The molecule has 7 aromatic carbocycles. The lowest BCUT2D eigenvalue weighted by molar-refractivity contribution is 1.18. The number of para-hydroxylation sites is 1. The summed E-state index contributed by atoms with van der Waals surface area (Å²) in [6.45, 7) is 0. The van der Waals surface area contributed by atoms with Crippen LogP contribution in [-0.2, 0) is 0 Å². The summed E-state index contributed by atoms with van der Waals surface area (Å²) in [5, 5.41) is 5.83. The normalized spacial score (nSPS) is 11.6. The minimum Gasteiger partial charge on any atom is -0.298 e. The smallest absolute Gasteiger partial charge is 0.160 e. The molecule has 0 bridgehead atoms. The molecule has 0 N–H and O–H groups in total. The summed E-state index contributed by atoms with van der Waals surface area (Å²) < 4.78 is 2.14. The molecule has 0 aliphatic rings. The number of benzene rings is 7. The van der Waals surface area contributed by atoms with Gasteiger partial charge in [-0.25, -0.2) is 19.9 Å². The molecule has 4 heterocycles. The van der Waals surface area contributed by atoms with Crippen molar-refractivity contribution in [3.8, 4) is 56.3 Å². The highest BCUT2D eigenvalue weighted by Gasteiger charge is 2.17. The number of nitrogens with zero attached hydrogens (tertiary/aromatic N) is 5. The molecule has 0 spiro atoms. The van der Waals surface area contributed by atoms with Crippen molar-refractivity contribution >= 4 is 49.1 Å². The molecule has 0 aliphatic heterocycles. The molecule has 4 aromatic heterocycles. The Morgan fingerprint density at radius 1 is 0.364 bits per heavy atom. The zero-order chi connectivity index (χ0) is 36.3. The van der Waals surface area contributed by atoms with Crippen LogP contribution in [0.3, 0.4) is 0 Å². The van der Waals surface area contributed by atoms with E-state index in [0.717, 1.165) is 78.0 Å². The van der Waals surface area contributed by atoms with E-state index in [2.05, 4.69) is 162 Å². The van der Waals surface area contributed by atoms with Crippen LogP contribution >= 0.6 is 0 Å². The first-order valence-electron chi connectivity index (χ1n) is 18.5. The fourth-order valence-electron chi connectivity index (χ4n) is 7.76. The van der Waals surface area contributed by atoms with Crippen molar-refractivity contribution in [1.29, 1.82) is 0 Å². The first-order chi connectivity index (χ1) is 27.2. The van der Waals surface area contributed by atoms with Gasteiger partial charge in [0.25, 0.3) is 0 Å². The van der Waals surface area contributed by atoms with E-state index in [0.29, 0.717) is 5.82 Å². The Labute approximate surface area is 316 Å². The quantitative estimate of drug-likeness (QED) is 0.179. The molecule has 5 nitrogen and oxygen atoms in total. The summed E-state index contributed by atoms with van der Waals surface area (Å²) in [6, 6.07) is 63.6. The van der Waals surface area contributed by atoms with Gasteiger partial charge >= 0.3 is 0 Å². The number of hydrogen-bond donors (Lipinski definition) is 0. The van der Waals surface area contributed by atoms with E-state index in [9.17, 15) is 0 Å². The molecule has 0 unspecified atom stereocenters. The lowest BCUT2D eigenvalue weighted by atomic mass is 9.99. The van der Waals surface area contributed by atoms with Crippen molar-refractivity contribution in [1.82, 2.24) is 24.3 Å². The van der Waals surface area contributed by atoms with Crippen LogP contribution in [0.5, 0.6) is 0 Å². The Morgan fingerprint density at radius 2 is 0.891 bits per heavy atom. The maximum atomic E-state index is 5.16. The molecule has 11 rings (SSSR count). The van der Waals surface area contributed by atoms with Gasteiger partial charge in [0.15, 0.2) is 5.82 Å². The van der Waals surface area contributed by atoms with Gasteiger partial charge < -0.3 is 0 Å². The molecular formula is C50H31N5. The van der Waals surface area contributed by atoms with Gasteiger partial charge in [-0.2, -0.15) is 0 Å². The molecule has 0 radical (unpaired) electrons. The van der Waals surface area contributed by atoms with Gasteiger partial charge in [-0.15, -0.1) is 0 Å². The highest BCUT2D eigenvalue weighted by atomic mass is 15.0. The molecule has 0 saturated carbocycles. The maximum absolute atomic E-state index is 5.16. The van der Waals surface area contributed by atoms with Gasteiger partial charge in [-0.1, -0.05) is 146 Å². The van der Waals surface area contributed by atoms with Gasteiger partial charge in [0.05, 0.1) is 28.1 Å². The summed E-state index contributed by atoms with van der Waals surface area (Å²) in [5.74, 6) is 0.690. The van der Waals surface area contributed by atoms with Gasteiger partial charge in [-0.3, -0.25) is 4.40 Å². The number of rotatable bonds is 5. The summed E-state index contributed by atoms with van der Waals surface area (Å²) in [5.41, 5.74) is 12.9. The standard InChI is InChI=1S/C50H31N5/c1-3-11-38-29-40(26-20-32(38)9-1)44-31-45(41-27-21-33-10-2-4-12-39(33)30-41)53-50(52-44)37-24-18-35(19-25-37)34-16-22-36(23-17-34)47-49-48(42-13-5-6-14-43(42)51-47)54-46-15-7-8-28-55(46)49/h1-31H. The van der Waals surface area contributed by atoms with E-state index in [4.69, 9.17) is 19.9 Å². The monoisotopic (exact) mass is 701 g/mol. The van der Waals surface area contributed by atoms with Crippen molar-refractivity contribution < 1.29 is 0 Å². The summed E-state index contributed by atoms with van der Waals surface area (Å²) in [6.07, 6.45) is 2.06. The lowest BCUT2D eigenvalue weighted by Gasteiger charge is -2.11.